The number of likely N-dealkylation sites (tertiary alicyclic amines) is 1. The van der Waals surface area contributed by atoms with Crippen LogP contribution in [0.4, 0.5) is 0 Å². The van der Waals surface area contributed by atoms with Crippen LogP contribution < -0.4 is 5.32 Å². The van der Waals surface area contributed by atoms with Gasteiger partial charge < -0.3 is 10.3 Å². The minimum absolute atomic E-state index is 0.0647. The lowest BCUT2D eigenvalue weighted by atomic mass is 9.88. The predicted octanol–water partition coefficient (Wildman–Crippen LogP) is 2.99. The van der Waals surface area contributed by atoms with E-state index in [0.717, 1.165) is 43.7 Å². The van der Waals surface area contributed by atoms with Crippen molar-refractivity contribution in [2.75, 3.05) is 19.6 Å². The molecular weight excluding hydrogens is 298 g/mol. The van der Waals surface area contributed by atoms with E-state index in [2.05, 4.69) is 46.4 Å². The van der Waals surface area contributed by atoms with Crippen molar-refractivity contribution >= 4 is 5.91 Å². The molecule has 1 amide bonds. The molecule has 1 aromatic heterocycles. The standard InChI is InChI=1S/C20H25N3O/c1-2-23-11-5-7-15(23)12-22-20(24)18-13-21-19-16-8-4-3-6-14(16)9-10-17(18)19/h3-4,6,8,13,15,21H,2,5,7,9-12H2,1H3,(H,22,24). The van der Waals surface area contributed by atoms with E-state index in [1.165, 1.54) is 29.5 Å². The highest BCUT2D eigenvalue weighted by atomic mass is 16.1. The van der Waals surface area contributed by atoms with Crippen molar-refractivity contribution in [1.82, 2.24) is 15.2 Å². The number of hydrogen-bond acceptors (Lipinski definition) is 2. The summed E-state index contributed by atoms with van der Waals surface area (Å²) in [6, 6.07) is 8.96. The van der Waals surface area contributed by atoms with Crippen LogP contribution in [0.2, 0.25) is 0 Å². The van der Waals surface area contributed by atoms with Gasteiger partial charge in [0.2, 0.25) is 0 Å². The Balaban J connectivity index is 1.50. The number of carbonyl (C=O) groups excluding carboxylic acids is 1. The van der Waals surface area contributed by atoms with Crippen LogP contribution in [-0.2, 0) is 12.8 Å². The van der Waals surface area contributed by atoms with Gasteiger partial charge in [-0.25, -0.2) is 0 Å². The van der Waals surface area contributed by atoms with Gasteiger partial charge in [0.1, 0.15) is 0 Å². The normalized spacial score (nSPS) is 19.8. The monoisotopic (exact) mass is 323 g/mol. The lowest BCUT2D eigenvalue weighted by molar-refractivity contribution is 0.0940. The van der Waals surface area contributed by atoms with Gasteiger partial charge in [-0.1, -0.05) is 31.2 Å². The van der Waals surface area contributed by atoms with Crippen molar-refractivity contribution < 1.29 is 4.79 Å². The zero-order chi connectivity index (χ0) is 16.5. The van der Waals surface area contributed by atoms with E-state index < -0.39 is 0 Å². The number of nitrogens with one attached hydrogen (secondary N) is 2. The third kappa shape index (κ3) is 2.65. The molecule has 4 nitrogen and oxygen atoms in total. The maximum atomic E-state index is 12.7. The number of carbonyl (C=O) groups is 1. The maximum absolute atomic E-state index is 12.7. The zero-order valence-electron chi connectivity index (χ0n) is 14.3. The highest BCUT2D eigenvalue weighted by molar-refractivity contribution is 5.98. The smallest absolute Gasteiger partial charge is 0.253 e. The third-order valence-corrected chi connectivity index (χ3v) is 5.57. The van der Waals surface area contributed by atoms with Crippen molar-refractivity contribution in [1.29, 1.82) is 0 Å². The Morgan fingerprint density at radius 1 is 1.33 bits per heavy atom. The van der Waals surface area contributed by atoms with E-state index in [0.29, 0.717) is 6.04 Å². The van der Waals surface area contributed by atoms with E-state index in [9.17, 15) is 4.79 Å². The van der Waals surface area contributed by atoms with Gasteiger partial charge in [0.25, 0.3) is 5.91 Å². The first kappa shape index (κ1) is 15.5. The fourth-order valence-corrected chi connectivity index (χ4v) is 4.25. The first-order chi connectivity index (χ1) is 11.8. The topological polar surface area (TPSA) is 48.1 Å². The first-order valence-electron chi connectivity index (χ1n) is 9.08. The summed E-state index contributed by atoms with van der Waals surface area (Å²) in [6.07, 6.45) is 6.25. The Kier molecular flexibility index (Phi) is 4.15. The van der Waals surface area contributed by atoms with Crippen LogP contribution in [0.25, 0.3) is 11.3 Å². The molecule has 24 heavy (non-hydrogen) atoms. The number of likely N-dealkylation sites (N-methyl/N-ethyl adjacent to an activating group) is 1. The molecule has 1 fully saturated rings. The van der Waals surface area contributed by atoms with Crippen molar-refractivity contribution in [2.24, 2.45) is 0 Å². The largest absolute Gasteiger partial charge is 0.360 e. The SMILES string of the molecule is CCN1CCCC1CNC(=O)c1c[nH]c2c1CCc1ccccc1-2. The van der Waals surface area contributed by atoms with E-state index in [1.807, 2.05) is 6.20 Å². The summed E-state index contributed by atoms with van der Waals surface area (Å²) in [7, 11) is 0. The molecule has 0 bridgehead atoms. The van der Waals surface area contributed by atoms with Gasteiger partial charge in [-0.15, -0.1) is 0 Å². The van der Waals surface area contributed by atoms with Crippen LogP contribution in [0.5, 0.6) is 0 Å². The Labute approximate surface area is 143 Å². The van der Waals surface area contributed by atoms with Crippen LogP contribution in [0.15, 0.2) is 30.5 Å². The highest BCUT2D eigenvalue weighted by Gasteiger charge is 2.26. The molecule has 2 N–H and O–H groups in total. The van der Waals surface area contributed by atoms with Gasteiger partial charge in [0.05, 0.1) is 5.56 Å². The summed E-state index contributed by atoms with van der Waals surface area (Å²) in [5, 5.41) is 3.16. The molecule has 1 aromatic carbocycles. The Bertz CT molecular complexity index is 749. The van der Waals surface area contributed by atoms with E-state index in [4.69, 9.17) is 0 Å². The molecule has 2 aliphatic rings. The summed E-state index contributed by atoms with van der Waals surface area (Å²) in [5.41, 5.74) is 5.72. The molecule has 2 aromatic rings. The number of benzene rings is 1. The lowest BCUT2D eigenvalue weighted by Gasteiger charge is -2.23. The summed E-state index contributed by atoms with van der Waals surface area (Å²) < 4.78 is 0. The number of nitrogens with zero attached hydrogens (tertiary/aromatic N) is 1. The minimum atomic E-state index is 0.0647. The number of aromatic amines is 1. The van der Waals surface area contributed by atoms with Crippen LogP contribution >= 0.6 is 0 Å². The van der Waals surface area contributed by atoms with Crippen LogP contribution in [0, 0.1) is 0 Å². The second-order valence-corrected chi connectivity index (χ2v) is 6.85. The van der Waals surface area contributed by atoms with Crippen LogP contribution in [0.1, 0.15) is 41.3 Å². The van der Waals surface area contributed by atoms with Gasteiger partial charge in [-0.2, -0.15) is 0 Å². The Morgan fingerprint density at radius 3 is 3.08 bits per heavy atom. The number of aromatic nitrogens is 1. The minimum Gasteiger partial charge on any atom is -0.360 e. The van der Waals surface area contributed by atoms with E-state index >= 15 is 0 Å². The second kappa shape index (κ2) is 6.44. The molecule has 4 rings (SSSR count). The van der Waals surface area contributed by atoms with Crippen molar-refractivity contribution in [3.05, 3.63) is 47.2 Å². The van der Waals surface area contributed by atoms with Crippen molar-refractivity contribution in [3.8, 4) is 11.3 Å². The summed E-state index contributed by atoms with van der Waals surface area (Å²) in [5.74, 6) is 0.0647. The fraction of sp³-hybridized carbons (Fsp3) is 0.450. The first-order valence-corrected chi connectivity index (χ1v) is 9.08. The van der Waals surface area contributed by atoms with Crippen molar-refractivity contribution in [2.45, 2.75) is 38.6 Å². The molecule has 1 aliphatic heterocycles. The number of amides is 1. The number of H-pyrrole nitrogens is 1. The third-order valence-electron chi connectivity index (χ3n) is 5.57. The maximum Gasteiger partial charge on any atom is 0.253 e. The molecule has 126 valence electrons. The summed E-state index contributed by atoms with van der Waals surface area (Å²) in [4.78, 5) is 18.5. The number of hydrogen-bond donors (Lipinski definition) is 2. The van der Waals surface area contributed by atoms with Gasteiger partial charge in [-0.05, 0) is 49.9 Å². The average Bonchev–Trinajstić information content (AvgIpc) is 3.26. The van der Waals surface area contributed by atoms with Crippen LogP contribution in [0.3, 0.4) is 0 Å². The molecule has 1 atom stereocenters. The molecule has 1 saturated heterocycles. The van der Waals surface area contributed by atoms with Gasteiger partial charge in [-0.3, -0.25) is 9.69 Å². The van der Waals surface area contributed by atoms with Crippen molar-refractivity contribution in [3.63, 3.8) is 0 Å². The van der Waals surface area contributed by atoms with Crippen LogP contribution in [-0.4, -0.2) is 41.5 Å². The van der Waals surface area contributed by atoms with Gasteiger partial charge >= 0.3 is 0 Å². The Morgan fingerprint density at radius 2 is 2.21 bits per heavy atom. The second-order valence-electron chi connectivity index (χ2n) is 6.85. The number of fused-ring (bicyclic) bond motifs is 3. The molecular formula is C20H25N3O. The molecule has 0 saturated carbocycles. The zero-order valence-corrected chi connectivity index (χ0v) is 14.3. The highest BCUT2D eigenvalue weighted by Crippen LogP contribution is 2.34. The molecule has 4 heteroatoms. The van der Waals surface area contributed by atoms with Gasteiger partial charge in [0.15, 0.2) is 0 Å². The van der Waals surface area contributed by atoms with E-state index in [1.54, 1.807) is 0 Å². The molecule has 1 unspecified atom stereocenters. The predicted molar refractivity (Wildman–Crippen MR) is 96.2 cm³/mol. The average molecular weight is 323 g/mol. The Hall–Kier alpha value is -2.07. The molecule has 2 heterocycles. The summed E-state index contributed by atoms with van der Waals surface area (Å²) >= 11 is 0. The molecule has 1 aliphatic carbocycles. The molecule has 0 radical (unpaired) electrons. The number of rotatable bonds is 4. The fourth-order valence-electron chi connectivity index (χ4n) is 4.25. The number of aryl methyl sites for hydroxylation is 1. The quantitative estimate of drug-likeness (QED) is 0.909. The lowest BCUT2D eigenvalue weighted by Crippen LogP contribution is -2.40. The molecule has 0 spiro atoms. The van der Waals surface area contributed by atoms with E-state index in [-0.39, 0.29) is 5.91 Å². The summed E-state index contributed by atoms with van der Waals surface area (Å²) in [6.45, 7) is 5.17. The van der Waals surface area contributed by atoms with Gasteiger partial charge in [0, 0.05) is 30.0 Å².